The van der Waals surface area contributed by atoms with Crippen LogP contribution in [-0.2, 0) is 0 Å². The molecule has 0 radical (unpaired) electrons. The summed E-state index contributed by atoms with van der Waals surface area (Å²) < 4.78 is 13.5. The molecule has 5 rings (SSSR count). The summed E-state index contributed by atoms with van der Waals surface area (Å²) in [6, 6.07) is 14.0. The highest BCUT2D eigenvalue weighted by Gasteiger charge is 2.33. The second kappa shape index (κ2) is 6.16. The standard InChI is InChI=1S/C21H17FN4O/c22-15-7-8-17-18(11-15)25-20(24-17)19-6-3-9-26(19)21(27)14-10-13-4-1-2-5-16(13)23-12-14/h1-2,4-5,7-8,10-12,19H,3,6,9H2,(H,24,25). The molecule has 1 unspecified atom stereocenters. The summed E-state index contributed by atoms with van der Waals surface area (Å²) in [6.07, 6.45) is 3.37. The summed E-state index contributed by atoms with van der Waals surface area (Å²) in [5, 5.41) is 0.943. The van der Waals surface area contributed by atoms with Gasteiger partial charge in [-0.15, -0.1) is 0 Å². The normalized spacial score (nSPS) is 17.1. The van der Waals surface area contributed by atoms with Gasteiger partial charge in [0.1, 0.15) is 11.6 Å². The van der Waals surface area contributed by atoms with Crippen LogP contribution in [0.15, 0.2) is 54.7 Å². The fourth-order valence-corrected chi connectivity index (χ4v) is 3.81. The molecule has 5 nitrogen and oxygen atoms in total. The van der Waals surface area contributed by atoms with E-state index in [9.17, 15) is 9.18 Å². The van der Waals surface area contributed by atoms with E-state index < -0.39 is 0 Å². The average Bonchev–Trinajstić information content (AvgIpc) is 3.33. The van der Waals surface area contributed by atoms with Gasteiger partial charge in [-0.2, -0.15) is 0 Å². The van der Waals surface area contributed by atoms with Gasteiger partial charge >= 0.3 is 0 Å². The number of fused-ring (bicyclic) bond motifs is 2. The summed E-state index contributed by atoms with van der Waals surface area (Å²) >= 11 is 0. The smallest absolute Gasteiger partial charge is 0.256 e. The second-order valence-electron chi connectivity index (χ2n) is 6.86. The number of hydrogen-bond donors (Lipinski definition) is 1. The molecule has 0 spiro atoms. The minimum absolute atomic E-state index is 0.0533. The Morgan fingerprint density at radius 3 is 2.96 bits per heavy atom. The third kappa shape index (κ3) is 2.73. The lowest BCUT2D eigenvalue weighted by Gasteiger charge is -2.23. The first-order valence-corrected chi connectivity index (χ1v) is 9.00. The van der Waals surface area contributed by atoms with Gasteiger partial charge in [0.25, 0.3) is 5.91 Å². The van der Waals surface area contributed by atoms with Gasteiger partial charge in [0, 0.05) is 18.1 Å². The van der Waals surface area contributed by atoms with Crippen molar-refractivity contribution < 1.29 is 9.18 Å². The third-order valence-corrected chi connectivity index (χ3v) is 5.13. The molecule has 6 heteroatoms. The molecule has 0 bridgehead atoms. The number of benzene rings is 2. The van der Waals surface area contributed by atoms with Gasteiger partial charge in [-0.05, 0) is 43.2 Å². The third-order valence-electron chi connectivity index (χ3n) is 5.13. The number of carbonyl (C=O) groups is 1. The molecule has 1 atom stereocenters. The summed E-state index contributed by atoms with van der Waals surface area (Å²) in [6.45, 7) is 0.668. The van der Waals surface area contributed by atoms with Crippen LogP contribution in [0, 0.1) is 5.82 Å². The van der Waals surface area contributed by atoms with Crippen LogP contribution in [0.5, 0.6) is 0 Å². The van der Waals surface area contributed by atoms with Gasteiger partial charge in [0.15, 0.2) is 0 Å². The van der Waals surface area contributed by atoms with Crippen LogP contribution in [0.1, 0.15) is 35.1 Å². The van der Waals surface area contributed by atoms with Crippen LogP contribution < -0.4 is 0 Å². The van der Waals surface area contributed by atoms with Crippen molar-refractivity contribution >= 4 is 27.8 Å². The Morgan fingerprint density at radius 1 is 1.15 bits per heavy atom. The van der Waals surface area contributed by atoms with Gasteiger partial charge < -0.3 is 9.88 Å². The Hall–Kier alpha value is -3.28. The monoisotopic (exact) mass is 360 g/mol. The zero-order valence-corrected chi connectivity index (χ0v) is 14.5. The first-order valence-electron chi connectivity index (χ1n) is 9.00. The molecule has 27 heavy (non-hydrogen) atoms. The number of aromatic amines is 1. The molecular weight excluding hydrogens is 343 g/mol. The van der Waals surface area contributed by atoms with Crippen molar-refractivity contribution in [2.75, 3.05) is 6.54 Å². The summed E-state index contributed by atoms with van der Waals surface area (Å²) in [4.78, 5) is 27.1. The lowest BCUT2D eigenvalue weighted by molar-refractivity contribution is 0.0730. The van der Waals surface area contributed by atoms with Crippen LogP contribution in [0.2, 0.25) is 0 Å². The summed E-state index contributed by atoms with van der Waals surface area (Å²) in [7, 11) is 0. The number of hydrogen-bond acceptors (Lipinski definition) is 3. The molecule has 0 saturated carbocycles. The Morgan fingerprint density at radius 2 is 2.04 bits per heavy atom. The van der Waals surface area contributed by atoms with Crippen molar-refractivity contribution in [2.24, 2.45) is 0 Å². The van der Waals surface area contributed by atoms with Crippen molar-refractivity contribution in [3.05, 3.63) is 71.9 Å². The SMILES string of the molecule is O=C(c1cnc2ccccc2c1)N1CCCC1c1nc2ccc(F)cc2[nH]1. The van der Waals surface area contributed by atoms with E-state index in [-0.39, 0.29) is 17.8 Å². The van der Waals surface area contributed by atoms with Gasteiger partial charge in [-0.3, -0.25) is 9.78 Å². The molecule has 3 heterocycles. The number of halogens is 1. The number of carbonyl (C=O) groups excluding carboxylic acids is 1. The number of amides is 1. The lowest BCUT2D eigenvalue weighted by Crippen LogP contribution is -2.31. The van der Waals surface area contributed by atoms with E-state index in [1.165, 1.54) is 12.1 Å². The van der Waals surface area contributed by atoms with Gasteiger partial charge in [-0.25, -0.2) is 9.37 Å². The van der Waals surface area contributed by atoms with E-state index in [1.807, 2.05) is 35.2 Å². The molecule has 0 aliphatic carbocycles. The van der Waals surface area contributed by atoms with Crippen LogP contribution in [0.3, 0.4) is 0 Å². The average molecular weight is 360 g/mol. The van der Waals surface area contributed by atoms with Crippen molar-refractivity contribution in [2.45, 2.75) is 18.9 Å². The van der Waals surface area contributed by atoms with E-state index in [2.05, 4.69) is 15.0 Å². The number of H-pyrrole nitrogens is 1. The highest BCUT2D eigenvalue weighted by Crippen LogP contribution is 2.33. The molecule has 2 aromatic heterocycles. The highest BCUT2D eigenvalue weighted by atomic mass is 19.1. The molecule has 1 saturated heterocycles. The maximum atomic E-state index is 13.5. The molecule has 1 amide bonds. The van der Waals surface area contributed by atoms with Crippen molar-refractivity contribution in [3.8, 4) is 0 Å². The first kappa shape index (κ1) is 15.9. The van der Waals surface area contributed by atoms with Crippen LogP contribution in [0.25, 0.3) is 21.9 Å². The molecule has 1 aliphatic rings. The number of aromatic nitrogens is 3. The van der Waals surface area contributed by atoms with Gasteiger partial charge in [-0.1, -0.05) is 18.2 Å². The Labute approximate surface area is 154 Å². The first-order chi connectivity index (χ1) is 13.2. The fraction of sp³-hybridized carbons (Fsp3) is 0.190. The predicted molar refractivity (Wildman–Crippen MR) is 101 cm³/mol. The number of rotatable bonds is 2. The van der Waals surface area contributed by atoms with Crippen molar-refractivity contribution in [1.82, 2.24) is 19.9 Å². The summed E-state index contributed by atoms with van der Waals surface area (Å²) in [5.41, 5.74) is 2.80. The fourth-order valence-electron chi connectivity index (χ4n) is 3.81. The predicted octanol–water partition coefficient (Wildman–Crippen LogP) is 4.23. The van der Waals surface area contributed by atoms with E-state index in [0.29, 0.717) is 29.0 Å². The molecule has 134 valence electrons. The molecule has 2 aromatic carbocycles. The van der Waals surface area contributed by atoms with Crippen LogP contribution >= 0.6 is 0 Å². The Balaban J connectivity index is 1.49. The Bertz CT molecular complexity index is 1170. The van der Waals surface area contributed by atoms with Crippen molar-refractivity contribution in [3.63, 3.8) is 0 Å². The number of para-hydroxylation sites is 1. The number of likely N-dealkylation sites (tertiary alicyclic amines) is 1. The van der Waals surface area contributed by atoms with E-state index in [4.69, 9.17) is 0 Å². The zero-order valence-electron chi connectivity index (χ0n) is 14.5. The maximum absolute atomic E-state index is 13.5. The topological polar surface area (TPSA) is 61.9 Å². The highest BCUT2D eigenvalue weighted by molar-refractivity contribution is 5.97. The number of nitrogens with zero attached hydrogens (tertiary/aromatic N) is 3. The van der Waals surface area contributed by atoms with Crippen LogP contribution in [0.4, 0.5) is 4.39 Å². The quantitative estimate of drug-likeness (QED) is 0.582. The number of imidazole rings is 1. The van der Waals surface area contributed by atoms with Gasteiger partial charge in [0.05, 0.1) is 28.2 Å². The van der Waals surface area contributed by atoms with E-state index in [0.717, 1.165) is 23.7 Å². The zero-order chi connectivity index (χ0) is 18.4. The number of pyridine rings is 1. The molecule has 1 N–H and O–H groups in total. The lowest BCUT2D eigenvalue weighted by atomic mass is 10.1. The minimum Gasteiger partial charge on any atom is -0.340 e. The van der Waals surface area contributed by atoms with Crippen molar-refractivity contribution in [1.29, 1.82) is 0 Å². The summed E-state index contributed by atoms with van der Waals surface area (Å²) in [5.74, 6) is 0.344. The molecular formula is C21H17FN4O. The molecule has 1 aliphatic heterocycles. The molecule has 1 fully saturated rings. The number of nitrogens with one attached hydrogen (secondary N) is 1. The van der Waals surface area contributed by atoms with E-state index in [1.54, 1.807) is 12.3 Å². The van der Waals surface area contributed by atoms with E-state index >= 15 is 0 Å². The molecule has 4 aromatic rings. The maximum Gasteiger partial charge on any atom is 0.256 e. The Kier molecular flexibility index (Phi) is 3.63. The van der Waals surface area contributed by atoms with Gasteiger partial charge in [0.2, 0.25) is 0 Å². The second-order valence-corrected chi connectivity index (χ2v) is 6.86. The minimum atomic E-state index is -0.306. The van der Waals surface area contributed by atoms with Crippen LogP contribution in [-0.4, -0.2) is 32.3 Å². The largest absolute Gasteiger partial charge is 0.340 e.